The van der Waals surface area contributed by atoms with Gasteiger partial charge in [0.2, 0.25) is 0 Å². The molecule has 1 fully saturated rings. The van der Waals surface area contributed by atoms with Gasteiger partial charge in [-0.25, -0.2) is 0 Å². The van der Waals surface area contributed by atoms with Crippen molar-refractivity contribution in [2.75, 3.05) is 6.61 Å². The number of para-hydroxylation sites is 1. The largest absolute Gasteiger partial charge is 0.425 e. The third-order valence-electron chi connectivity index (χ3n) is 3.39. The molecule has 3 rings (SSSR count). The first-order valence-corrected chi connectivity index (χ1v) is 5.36. The third-order valence-corrected chi connectivity index (χ3v) is 3.39. The molecule has 17 heavy (non-hydrogen) atoms. The van der Waals surface area contributed by atoms with Crippen molar-refractivity contribution in [2.24, 2.45) is 5.92 Å². The molecule has 5 heteroatoms. The van der Waals surface area contributed by atoms with E-state index in [4.69, 9.17) is 9.47 Å². The first kappa shape index (κ1) is 10.3. The number of nitro groups is 1. The maximum atomic E-state index is 11.4. The van der Waals surface area contributed by atoms with Crippen LogP contribution in [0.3, 0.4) is 0 Å². The number of hydrogen-bond donors (Lipinski definition) is 0. The van der Waals surface area contributed by atoms with Gasteiger partial charge in [-0.3, -0.25) is 10.1 Å². The van der Waals surface area contributed by atoms with Crippen molar-refractivity contribution in [3.63, 3.8) is 0 Å². The van der Waals surface area contributed by atoms with Gasteiger partial charge in [-0.15, -0.1) is 6.58 Å². The molecule has 2 aliphatic heterocycles. The second-order valence-electron chi connectivity index (χ2n) is 4.20. The molecule has 2 heterocycles. The van der Waals surface area contributed by atoms with Gasteiger partial charge in [0.25, 0.3) is 0 Å². The van der Waals surface area contributed by atoms with Crippen LogP contribution in [0.2, 0.25) is 0 Å². The smallest absolute Gasteiger partial charge is 0.402 e. The minimum absolute atomic E-state index is 0.267. The highest BCUT2D eigenvalue weighted by atomic mass is 16.7. The van der Waals surface area contributed by atoms with E-state index in [0.717, 1.165) is 5.56 Å². The van der Waals surface area contributed by atoms with Crippen LogP contribution < -0.4 is 4.74 Å². The summed E-state index contributed by atoms with van der Waals surface area (Å²) < 4.78 is 11.1. The molecule has 0 amide bonds. The summed E-state index contributed by atoms with van der Waals surface area (Å²) in [6.07, 6.45) is 0.894. The lowest BCUT2D eigenvalue weighted by molar-refractivity contribution is -0.625. The predicted molar refractivity (Wildman–Crippen MR) is 59.2 cm³/mol. The Morgan fingerprint density at radius 2 is 2.29 bits per heavy atom. The highest BCUT2D eigenvalue weighted by molar-refractivity contribution is 5.42. The monoisotopic (exact) mass is 233 g/mol. The van der Waals surface area contributed by atoms with Crippen LogP contribution in [0, 0.1) is 16.0 Å². The number of rotatable bonds is 2. The topological polar surface area (TPSA) is 61.6 Å². The van der Waals surface area contributed by atoms with Crippen LogP contribution in [-0.4, -0.2) is 17.3 Å². The van der Waals surface area contributed by atoms with E-state index in [2.05, 4.69) is 6.58 Å². The Morgan fingerprint density at radius 3 is 3.00 bits per heavy atom. The first-order chi connectivity index (χ1) is 8.20. The summed E-state index contributed by atoms with van der Waals surface area (Å²) in [6.45, 7) is 3.90. The van der Waals surface area contributed by atoms with E-state index >= 15 is 0 Å². The average Bonchev–Trinajstić information content (AvgIpc) is 2.83. The lowest BCUT2D eigenvalue weighted by Crippen LogP contribution is -2.48. The Balaban J connectivity index is 2.15. The molecule has 2 aliphatic rings. The average molecular weight is 233 g/mol. The van der Waals surface area contributed by atoms with Gasteiger partial charge in [-0.05, 0) is 6.07 Å². The van der Waals surface area contributed by atoms with Gasteiger partial charge in [0.1, 0.15) is 11.7 Å². The summed E-state index contributed by atoms with van der Waals surface area (Å²) in [7, 11) is 0. The lowest BCUT2D eigenvalue weighted by Gasteiger charge is -2.21. The maximum Gasteiger partial charge on any atom is 0.402 e. The summed E-state index contributed by atoms with van der Waals surface area (Å²) in [6, 6.07) is 7.14. The van der Waals surface area contributed by atoms with Gasteiger partial charge in [0.15, 0.2) is 6.10 Å². The van der Waals surface area contributed by atoms with Crippen molar-refractivity contribution in [3.8, 4) is 5.75 Å². The molecule has 0 spiro atoms. The van der Waals surface area contributed by atoms with Crippen LogP contribution in [0.4, 0.5) is 0 Å². The van der Waals surface area contributed by atoms with Crippen molar-refractivity contribution in [2.45, 2.75) is 11.8 Å². The molecule has 0 aromatic heterocycles. The molecule has 3 atom stereocenters. The van der Waals surface area contributed by atoms with E-state index in [1.54, 1.807) is 18.2 Å². The summed E-state index contributed by atoms with van der Waals surface area (Å²) in [5.74, 6) is 0.0932. The van der Waals surface area contributed by atoms with Crippen molar-refractivity contribution in [3.05, 3.63) is 52.6 Å². The Kier molecular flexibility index (Phi) is 2.00. The minimum Gasteiger partial charge on any atom is -0.425 e. The molecule has 1 saturated heterocycles. The molecule has 0 aliphatic carbocycles. The van der Waals surface area contributed by atoms with E-state index in [1.165, 1.54) is 6.08 Å². The summed E-state index contributed by atoms with van der Waals surface area (Å²) in [4.78, 5) is 11.0. The van der Waals surface area contributed by atoms with Gasteiger partial charge < -0.3 is 9.47 Å². The molecule has 0 radical (unpaired) electrons. The molecule has 1 aromatic carbocycles. The summed E-state index contributed by atoms with van der Waals surface area (Å²) in [5.41, 5.74) is -0.792. The van der Waals surface area contributed by atoms with Crippen LogP contribution in [0.5, 0.6) is 5.75 Å². The van der Waals surface area contributed by atoms with Gasteiger partial charge >= 0.3 is 5.72 Å². The summed E-state index contributed by atoms with van der Waals surface area (Å²) in [5, 5.41) is 11.4. The molecule has 5 nitrogen and oxygen atoms in total. The number of hydrogen-bond acceptors (Lipinski definition) is 4. The molecular formula is C12H11NO4. The molecule has 0 bridgehead atoms. The number of benzene rings is 1. The zero-order chi connectivity index (χ0) is 12.0. The second-order valence-corrected chi connectivity index (χ2v) is 4.20. The zero-order valence-electron chi connectivity index (χ0n) is 9.04. The van der Waals surface area contributed by atoms with Crippen LogP contribution in [-0.2, 0) is 4.74 Å². The molecular weight excluding hydrogens is 222 g/mol. The van der Waals surface area contributed by atoms with Gasteiger partial charge in [0, 0.05) is 5.56 Å². The Labute approximate surface area is 97.8 Å². The highest BCUT2D eigenvalue weighted by Gasteiger charge is 2.68. The lowest BCUT2D eigenvalue weighted by atomic mass is 9.93. The Morgan fingerprint density at radius 1 is 1.53 bits per heavy atom. The second kappa shape index (κ2) is 3.30. The van der Waals surface area contributed by atoms with Crippen molar-refractivity contribution < 1.29 is 14.4 Å². The summed E-state index contributed by atoms with van der Waals surface area (Å²) >= 11 is 0. The van der Waals surface area contributed by atoms with Crippen LogP contribution in [0.1, 0.15) is 11.7 Å². The van der Waals surface area contributed by atoms with Gasteiger partial charge in [0.05, 0.1) is 11.5 Å². The SMILES string of the molecule is C=C[C@@H]1CO[C@H]2c3ccccc3O[C@@]12[N+](=O)[O-]. The molecule has 88 valence electrons. The van der Waals surface area contributed by atoms with Crippen LogP contribution in [0.25, 0.3) is 0 Å². The normalized spacial score (nSPS) is 33.6. The fourth-order valence-corrected chi connectivity index (χ4v) is 2.55. The van der Waals surface area contributed by atoms with Crippen molar-refractivity contribution in [1.29, 1.82) is 0 Å². The Bertz CT molecular complexity index is 501. The Hall–Kier alpha value is -1.88. The number of nitrogens with zero attached hydrogens (tertiary/aromatic N) is 1. The number of fused-ring (bicyclic) bond motifs is 3. The standard InChI is InChI=1S/C12H11NO4/c1-2-8-7-16-11-9-5-3-4-6-10(9)17-12(8,11)13(14)15/h2-6,8,11H,1,7H2/t8-,11+,12+/m1/s1. The quantitative estimate of drug-likeness (QED) is 0.445. The highest BCUT2D eigenvalue weighted by Crippen LogP contribution is 2.53. The minimum atomic E-state index is -1.54. The van der Waals surface area contributed by atoms with Crippen molar-refractivity contribution in [1.82, 2.24) is 0 Å². The number of ether oxygens (including phenoxy) is 2. The van der Waals surface area contributed by atoms with E-state index < -0.39 is 22.7 Å². The molecule has 0 saturated carbocycles. The first-order valence-electron chi connectivity index (χ1n) is 5.36. The maximum absolute atomic E-state index is 11.4. The molecule has 0 unspecified atom stereocenters. The predicted octanol–water partition coefficient (Wildman–Crippen LogP) is 1.93. The molecule has 0 N–H and O–H groups in total. The van der Waals surface area contributed by atoms with Gasteiger partial charge in [-0.1, -0.05) is 24.3 Å². The van der Waals surface area contributed by atoms with Crippen LogP contribution in [0.15, 0.2) is 36.9 Å². The van der Waals surface area contributed by atoms with E-state index in [0.29, 0.717) is 5.75 Å². The third kappa shape index (κ3) is 1.12. The van der Waals surface area contributed by atoms with Crippen molar-refractivity contribution >= 4 is 0 Å². The van der Waals surface area contributed by atoms with E-state index in [1.807, 2.05) is 6.07 Å². The van der Waals surface area contributed by atoms with E-state index in [-0.39, 0.29) is 6.61 Å². The molecule has 1 aromatic rings. The van der Waals surface area contributed by atoms with Gasteiger partial charge in [-0.2, -0.15) is 0 Å². The van der Waals surface area contributed by atoms with E-state index in [9.17, 15) is 10.1 Å². The zero-order valence-corrected chi connectivity index (χ0v) is 9.04. The fourth-order valence-electron chi connectivity index (χ4n) is 2.55. The fraction of sp³-hybridized carbons (Fsp3) is 0.333. The van der Waals surface area contributed by atoms with Crippen LogP contribution >= 0.6 is 0 Å².